The van der Waals surface area contributed by atoms with Gasteiger partial charge in [-0.2, -0.15) is 0 Å². The van der Waals surface area contributed by atoms with Crippen molar-refractivity contribution in [3.63, 3.8) is 0 Å². The van der Waals surface area contributed by atoms with Gasteiger partial charge in [-0.05, 0) is 33.6 Å². The SMILES string of the molecule is COC(=O)CCC1CC(=O)CC(C)(CCC(=O)CC(C)(C)N)N1. The number of esters is 1. The smallest absolute Gasteiger partial charge is 0.305 e. The highest BCUT2D eigenvalue weighted by Gasteiger charge is 2.36. The Morgan fingerprint density at radius 1 is 1.39 bits per heavy atom. The van der Waals surface area contributed by atoms with Crippen LogP contribution < -0.4 is 11.1 Å². The molecule has 6 heteroatoms. The van der Waals surface area contributed by atoms with Crippen LogP contribution >= 0.6 is 0 Å². The minimum absolute atomic E-state index is 0.0404. The highest BCUT2D eigenvalue weighted by molar-refractivity contribution is 5.82. The molecule has 0 radical (unpaired) electrons. The number of ether oxygens (including phenoxy) is 1. The quantitative estimate of drug-likeness (QED) is 0.656. The van der Waals surface area contributed by atoms with Gasteiger partial charge >= 0.3 is 5.97 Å². The summed E-state index contributed by atoms with van der Waals surface area (Å²) in [6, 6.07) is -0.0404. The summed E-state index contributed by atoms with van der Waals surface area (Å²) < 4.78 is 4.64. The average Bonchev–Trinajstić information content (AvgIpc) is 2.40. The summed E-state index contributed by atoms with van der Waals surface area (Å²) in [5, 5.41) is 3.45. The maximum atomic E-state index is 12.0. The van der Waals surface area contributed by atoms with Crippen LogP contribution in [0.1, 0.15) is 65.7 Å². The second-order valence-electron chi connectivity index (χ2n) is 7.64. The molecule has 0 amide bonds. The first-order valence-corrected chi connectivity index (χ1v) is 8.20. The minimum atomic E-state index is -0.503. The van der Waals surface area contributed by atoms with Crippen LogP contribution in [-0.2, 0) is 19.1 Å². The minimum Gasteiger partial charge on any atom is -0.469 e. The van der Waals surface area contributed by atoms with Gasteiger partial charge in [-0.15, -0.1) is 0 Å². The molecule has 1 fully saturated rings. The number of hydrogen-bond acceptors (Lipinski definition) is 6. The maximum absolute atomic E-state index is 12.0. The van der Waals surface area contributed by atoms with Crippen molar-refractivity contribution in [2.45, 2.75) is 82.8 Å². The highest BCUT2D eigenvalue weighted by atomic mass is 16.5. The first-order valence-electron chi connectivity index (χ1n) is 8.20. The lowest BCUT2D eigenvalue weighted by molar-refractivity contribution is -0.141. The van der Waals surface area contributed by atoms with Crippen molar-refractivity contribution in [2.75, 3.05) is 7.11 Å². The molecule has 1 rings (SSSR count). The Morgan fingerprint density at radius 3 is 2.61 bits per heavy atom. The fraction of sp³-hybridized carbons (Fsp3) is 0.824. The Morgan fingerprint density at radius 2 is 2.04 bits per heavy atom. The van der Waals surface area contributed by atoms with E-state index in [1.54, 1.807) is 0 Å². The normalized spacial score (nSPS) is 25.3. The molecule has 0 aromatic carbocycles. The largest absolute Gasteiger partial charge is 0.469 e. The van der Waals surface area contributed by atoms with E-state index in [9.17, 15) is 14.4 Å². The molecule has 6 nitrogen and oxygen atoms in total. The van der Waals surface area contributed by atoms with E-state index in [4.69, 9.17) is 5.73 Å². The number of piperidine rings is 1. The first-order chi connectivity index (χ1) is 10.5. The molecule has 132 valence electrons. The topological polar surface area (TPSA) is 98.5 Å². The van der Waals surface area contributed by atoms with E-state index in [-0.39, 0.29) is 30.0 Å². The van der Waals surface area contributed by atoms with Gasteiger partial charge in [0.2, 0.25) is 0 Å². The van der Waals surface area contributed by atoms with Crippen molar-refractivity contribution < 1.29 is 19.1 Å². The summed E-state index contributed by atoms with van der Waals surface area (Å²) in [4.78, 5) is 35.3. The van der Waals surface area contributed by atoms with Crippen LogP contribution in [0.3, 0.4) is 0 Å². The van der Waals surface area contributed by atoms with E-state index in [0.717, 1.165) is 0 Å². The van der Waals surface area contributed by atoms with Crippen LogP contribution in [0.4, 0.5) is 0 Å². The van der Waals surface area contributed by atoms with Crippen LogP contribution in [-0.4, -0.2) is 41.8 Å². The van der Waals surface area contributed by atoms with Crippen molar-refractivity contribution >= 4 is 17.5 Å². The highest BCUT2D eigenvalue weighted by Crippen LogP contribution is 2.27. The molecule has 2 atom stereocenters. The van der Waals surface area contributed by atoms with E-state index in [1.165, 1.54) is 7.11 Å². The summed E-state index contributed by atoms with van der Waals surface area (Å²) in [7, 11) is 1.36. The molecule has 0 aromatic heterocycles. The summed E-state index contributed by atoms with van der Waals surface area (Å²) >= 11 is 0. The van der Waals surface area contributed by atoms with Crippen molar-refractivity contribution in [1.29, 1.82) is 0 Å². The number of ketones is 2. The van der Waals surface area contributed by atoms with Crippen molar-refractivity contribution in [3.05, 3.63) is 0 Å². The second-order valence-corrected chi connectivity index (χ2v) is 7.64. The number of nitrogens with one attached hydrogen (secondary N) is 1. The third-order valence-corrected chi connectivity index (χ3v) is 4.15. The van der Waals surface area contributed by atoms with E-state index < -0.39 is 11.1 Å². The molecule has 0 aromatic rings. The zero-order valence-electron chi connectivity index (χ0n) is 14.7. The molecule has 0 spiro atoms. The number of carbonyl (C=O) groups is 3. The molecule has 0 saturated carbocycles. The molecule has 3 N–H and O–H groups in total. The van der Waals surface area contributed by atoms with Crippen LogP contribution in [0.25, 0.3) is 0 Å². The molecular formula is C17H30N2O4. The molecule has 0 aliphatic carbocycles. The maximum Gasteiger partial charge on any atom is 0.305 e. The fourth-order valence-corrected chi connectivity index (χ4v) is 3.12. The number of methoxy groups -OCH3 is 1. The molecule has 23 heavy (non-hydrogen) atoms. The van der Waals surface area contributed by atoms with Crippen molar-refractivity contribution in [2.24, 2.45) is 5.73 Å². The molecule has 1 heterocycles. The van der Waals surface area contributed by atoms with Crippen molar-refractivity contribution in [3.8, 4) is 0 Å². The number of nitrogens with two attached hydrogens (primary N) is 1. The van der Waals surface area contributed by atoms with Crippen molar-refractivity contribution in [1.82, 2.24) is 5.32 Å². The second kappa shape index (κ2) is 8.02. The summed E-state index contributed by atoms with van der Waals surface area (Å²) in [6.07, 6.45) is 3.04. The van der Waals surface area contributed by atoms with Gasteiger partial charge in [0.15, 0.2) is 0 Å². The molecule has 2 unspecified atom stereocenters. The lowest BCUT2D eigenvalue weighted by Crippen LogP contribution is -2.54. The number of rotatable bonds is 8. The Kier molecular flexibility index (Phi) is 6.89. The Labute approximate surface area is 138 Å². The standard InChI is InChI=1S/C17H30N2O4/c1-16(2,18)10-13(20)7-8-17(3)11-14(21)9-12(19-17)5-6-15(22)23-4/h12,19H,5-11,18H2,1-4H3. The summed E-state index contributed by atoms with van der Waals surface area (Å²) in [5.74, 6) is 0.0178. The Hall–Kier alpha value is -1.27. The predicted molar refractivity (Wildman–Crippen MR) is 87.9 cm³/mol. The Balaban J connectivity index is 2.53. The number of carbonyl (C=O) groups excluding carboxylic acids is 3. The number of Topliss-reactive ketones (excluding diaryl/α,β-unsaturated/α-hetero) is 2. The van der Waals surface area contributed by atoms with E-state index >= 15 is 0 Å². The lowest BCUT2D eigenvalue weighted by Gasteiger charge is -2.39. The molecule has 0 bridgehead atoms. The van der Waals surface area contributed by atoms with E-state index in [2.05, 4.69) is 10.1 Å². The summed E-state index contributed by atoms with van der Waals surface area (Å²) in [6.45, 7) is 5.63. The van der Waals surface area contributed by atoms with Crippen LogP contribution in [0.15, 0.2) is 0 Å². The van der Waals surface area contributed by atoms with E-state index in [0.29, 0.717) is 38.5 Å². The zero-order chi connectivity index (χ0) is 17.7. The van der Waals surface area contributed by atoms with Gasteiger partial charge in [-0.25, -0.2) is 0 Å². The predicted octanol–water partition coefficient (Wildman–Crippen LogP) is 1.50. The van der Waals surface area contributed by atoms with E-state index in [1.807, 2.05) is 20.8 Å². The van der Waals surface area contributed by atoms with Crippen LogP contribution in [0.2, 0.25) is 0 Å². The average molecular weight is 326 g/mol. The fourth-order valence-electron chi connectivity index (χ4n) is 3.12. The molecular weight excluding hydrogens is 296 g/mol. The van der Waals surface area contributed by atoms with Gasteiger partial charge in [0.05, 0.1) is 7.11 Å². The number of hydrogen-bond donors (Lipinski definition) is 2. The summed E-state index contributed by atoms with van der Waals surface area (Å²) in [5.41, 5.74) is 4.97. The van der Waals surface area contributed by atoms with Crippen LogP contribution in [0.5, 0.6) is 0 Å². The first kappa shape index (κ1) is 19.8. The molecule has 1 aliphatic rings. The molecule has 1 aliphatic heterocycles. The van der Waals surface area contributed by atoms with Gasteiger partial charge in [-0.1, -0.05) is 0 Å². The van der Waals surface area contributed by atoms with Gasteiger partial charge in [0.25, 0.3) is 0 Å². The van der Waals surface area contributed by atoms with Gasteiger partial charge < -0.3 is 15.8 Å². The van der Waals surface area contributed by atoms with Gasteiger partial charge in [0.1, 0.15) is 11.6 Å². The van der Waals surface area contributed by atoms with Gasteiger partial charge in [-0.3, -0.25) is 14.4 Å². The molecule has 1 saturated heterocycles. The Bertz CT molecular complexity index is 456. The third-order valence-electron chi connectivity index (χ3n) is 4.15. The van der Waals surface area contributed by atoms with Crippen LogP contribution in [0, 0.1) is 0 Å². The zero-order valence-corrected chi connectivity index (χ0v) is 14.7. The monoisotopic (exact) mass is 326 g/mol. The van der Waals surface area contributed by atoms with Gasteiger partial charge in [0, 0.05) is 49.2 Å². The lowest BCUT2D eigenvalue weighted by atomic mass is 9.81. The third kappa shape index (κ3) is 7.70.